The summed E-state index contributed by atoms with van der Waals surface area (Å²) >= 11 is 7.15. The first-order valence-corrected chi connectivity index (χ1v) is 12.0. The number of nitriles is 1. The van der Waals surface area contributed by atoms with Crippen LogP contribution in [0.4, 0.5) is 24.5 Å². The normalized spacial score (nSPS) is 24.0. The van der Waals surface area contributed by atoms with Gasteiger partial charge in [-0.25, -0.2) is 0 Å². The lowest BCUT2D eigenvalue weighted by Gasteiger charge is -2.32. The Hall–Kier alpha value is -2.85. The van der Waals surface area contributed by atoms with Gasteiger partial charge in [0.25, 0.3) is 5.91 Å². The number of rotatable bonds is 3. The van der Waals surface area contributed by atoms with Gasteiger partial charge in [-0.1, -0.05) is 0 Å². The molecule has 2 aromatic carbocycles. The maximum Gasteiger partial charge on any atom is 0.417 e. The second-order valence-electron chi connectivity index (χ2n) is 8.30. The van der Waals surface area contributed by atoms with Gasteiger partial charge in [0.2, 0.25) is 0 Å². The first-order chi connectivity index (χ1) is 16.7. The number of hydrogen-bond donors (Lipinski definition) is 1. The molecule has 0 aliphatic carbocycles. The fraction of sp³-hybridized carbons (Fsp3) is 0.348. The number of hydrogen-bond acceptors (Lipinski definition) is 7. The van der Waals surface area contributed by atoms with E-state index in [0.29, 0.717) is 30.2 Å². The summed E-state index contributed by atoms with van der Waals surface area (Å²) in [5.74, 6) is 0.651. The highest BCUT2D eigenvalue weighted by molar-refractivity contribution is 7.99. The molecule has 3 aliphatic heterocycles. The van der Waals surface area contributed by atoms with Crippen molar-refractivity contribution in [3.63, 3.8) is 0 Å². The molecule has 35 heavy (non-hydrogen) atoms. The molecule has 0 radical (unpaired) electrons. The SMILES string of the molecule is N#Cc1ccc(N2C(=O)[C@]3(CCOC3)N(c3ccc4c(c3)SC[C@@H](CO)O4)C2=S)cc1C(F)(F)F. The van der Waals surface area contributed by atoms with Crippen molar-refractivity contribution in [1.82, 2.24) is 0 Å². The van der Waals surface area contributed by atoms with Gasteiger partial charge in [-0.3, -0.25) is 9.69 Å². The molecule has 0 aromatic heterocycles. The predicted molar refractivity (Wildman–Crippen MR) is 126 cm³/mol. The van der Waals surface area contributed by atoms with Crippen LogP contribution in [0.1, 0.15) is 17.5 Å². The molecule has 0 unspecified atom stereocenters. The topological polar surface area (TPSA) is 86.0 Å². The Kier molecular flexibility index (Phi) is 5.91. The van der Waals surface area contributed by atoms with Crippen LogP contribution in [-0.2, 0) is 15.7 Å². The summed E-state index contributed by atoms with van der Waals surface area (Å²) in [5, 5.41) is 18.5. The Morgan fingerprint density at radius 2 is 2.03 bits per heavy atom. The van der Waals surface area contributed by atoms with Crippen molar-refractivity contribution in [2.45, 2.75) is 29.1 Å². The van der Waals surface area contributed by atoms with Gasteiger partial charge in [0.05, 0.1) is 41.0 Å². The van der Waals surface area contributed by atoms with E-state index in [1.807, 2.05) is 6.07 Å². The summed E-state index contributed by atoms with van der Waals surface area (Å²) in [4.78, 5) is 17.3. The van der Waals surface area contributed by atoms with Crippen LogP contribution in [0.2, 0.25) is 0 Å². The number of aliphatic hydroxyl groups is 1. The van der Waals surface area contributed by atoms with Crippen LogP contribution in [0.15, 0.2) is 41.3 Å². The molecule has 3 heterocycles. The molecule has 12 heteroatoms. The maximum absolute atomic E-state index is 13.7. The molecule has 7 nitrogen and oxygen atoms in total. The number of alkyl halides is 3. The molecular weight excluding hydrogens is 503 g/mol. The zero-order chi connectivity index (χ0) is 25.0. The number of nitrogens with zero attached hydrogens (tertiary/aromatic N) is 3. The summed E-state index contributed by atoms with van der Waals surface area (Å²) < 4.78 is 52.1. The number of halogens is 3. The lowest BCUT2D eigenvalue weighted by atomic mass is 9.96. The van der Waals surface area contributed by atoms with E-state index in [2.05, 4.69) is 0 Å². The summed E-state index contributed by atoms with van der Waals surface area (Å²) in [5.41, 5.74) is -2.36. The van der Waals surface area contributed by atoms with Gasteiger partial charge in [0, 0.05) is 24.5 Å². The smallest absolute Gasteiger partial charge is 0.417 e. The van der Waals surface area contributed by atoms with Crippen LogP contribution < -0.4 is 14.5 Å². The second-order valence-corrected chi connectivity index (χ2v) is 9.72. The van der Waals surface area contributed by atoms with Crippen LogP contribution in [0.25, 0.3) is 0 Å². The minimum atomic E-state index is -4.78. The predicted octanol–water partition coefficient (Wildman–Crippen LogP) is 3.72. The highest BCUT2D eigenvalue weighted by atomic mass is 32.2. The van der Waals surface area contributed by atoms with E-state index in [4.69, 9.17) is 27.0 Å². The van der Waals surface area contributed by atoms with Gasteiger partial charge in [-0.05, 0) is 48.6 Å². The molecule has 5 rings (SSSR count). The fourth-order valence-electron chi connectivity index (χ4n) is 4.49. The van der Waals surface area contributed by atoms with E-state index >= 15 is 0 Å². The highest BCUT2D eigenvalue weighted by Crippen LogP contribution is 2.45. The fourth-order valence-corrected chi connectivity index (χ4v) is 5.96. The molecule has 0 bridgehead atoms. The average molecular weight is 522 g/mol. The lowest BCUT2D eigenvalue weighted by molar-refractivity contribution is -0.137. The molecule has 1 N–H and O–H groups in total. The summed E-state index contributed by atoms with van der Waals surface area (Å²) in [7, 11) is 0. The molecule has 2 saturated heterocycles. The Labute approximate surface area is 208 Å². The van der Waals surface area contributed by atoms with Crippen molar-refractivity contribution in [3.8, 4) is 11.8 Å². The number of aliphatic hydroxyl groups excluding tert-OH is 1. The quantitative estimate of drug-likeness (QED) is 0.612. The van der Waals surface area contributed by atoms with Crippen molar-refractivity contribution in [1.29, 1.82) is 5.26 Å². The zero-order valence-corrected chi connectivity index (χ0v) is 19.7. The molecule has 2 fully saturated rings. The number of fused-ring (bicyclic) bond motifs is 1. The highest BCUT2D eigenvalue weighted by Gasteiger charge is 2.58. The number of benzene rings is 2. The van der Waals surface area contributed by atoms with E-state index in [1.54, 1.807) is 23.1 Å². The van der Waals surface area contributed by atoms with Gasteiger partial charge in [0.15, 0.2) is 10.7 Å². The molecule has 0 saturated carbocycles. The van der Waals surface area contributed by atoms with E-state index < -0.39 is 28.7 Å². The van der Waals surface area contributed by atoms with Crippen molar-refractivity contribution in [2.75, 3.05) is 35.4 Å². The van der Waals surface area contributed by atoms with E-state index in [-0.39, 0.29) is 30.1 Å². The molecular formula is C23H18F3N3O4S2. The Morgan fingerprint density at radius 1 is 1.26 bits per heavy atom. The third-order valence-electron chi connectivity index (χ3n) is 6.21. The number of thiocarbonyl (C=S) groups is 1. The zero-order valence-electron chi connectivity index (χ0n) is 18.0. The number of amides is 1. The average Bonchev–Trinajstić information content (AvgIpc) is 3.41. The van der Waals surface area contributed by atoms with Crippen LogP contribution in [0.3, 0.4) is 0 Å². The number of thioether (sulfide) groups is 1. The minimum absolute atomic E-state index is 0.0215. The van der Waals surface area contributed by atoms with E-state index in [1.165, 1.54) is 17.8 Å². The van der Waals surface area contributed by atoms with E-state index in [0.717, 1.165) is 21.9 Å². The van der Waals surface area contributed by atoms with Crippen molar-refractivity contribution >= 4 is 46.4 Å². The van der Waals surface area contributed by atoms with Crippen LogP contribution in [-0.4, -0.2) is 53.3 Å². The summed E-state index contributed by atoms with van der Waals surface area (Å²) in [6.45, 7) is 0.206. The van der Waals surface area contributed by atoms with Crippen molar-refractivity contribution < 1.29 is 32.5 Å². The second kappa shape index (κ2) is 8.67. The van der Waals surface area contributed by atoms with Gasteiger partial charge < -0.3 is 19.5 Å². The monoisotopic (exact) mass is 521 g/mol. The molecule has 2 aromatic rings. The first kappa shape index (κ1) is 23.9. The van der Waals surface area contributed by atoms with Gasteiger partial charge >= 0.3 is 6.18 Å². The van der Waals surface area contributed by atoms with Gasteiger partial charge in [-0.15, -0.1) is 11.8 Å². The molecule has 2 atom stereocenters. The van der Waals surface area contributed by atoms with Gasteiger partial charge in [0.1, 0.15) is 11.9 Å². The Balaban J connectivity index is 1.58. The third-order valence-corrected chi connectivity index (χ3v) is 7.74. The largest absolute Gasteiger partial charge is 0.486 e. The summed E-state index contributed by atoms with van der Waals surface area (Å²) in [6.07, 6.45) is -4.79. The third kappa shape index (κ3) is 3.83. The molecule has 1 spiro atoms. The number of carbonyl (C=O) groups is 1. The number of ether oxygens (including phenoxy) is 2. The van der Waals surface area contributed by atoms with Crippen LogP contribution in [0, 0.1) is 11.3 Å². The van der Waals surface area contributed by atoms with Crippen molar-refractivity contribution in [2.24, 2.45) is 0 Å². The van der Waals surface area contributed by atoms with Crippen LogP contribution >= 0.6 is 24.0 Å². The Morgan fingerprint density at radius 3 is 2.69 bits per heavy atom. The Bertz CT molecular complexity index is 1260. The molecule has 1 amide bonds. The number of carbonyl (C=O) groups excluding carboxylic acids is 1. The number of anilines is 2. The molecule has 3 aliphatic rings. The summed E-state index contributed by atoms with van der Waals surface area (Å²) in [6, 6.07) is 9.92. The van der Waals surface area contributed by atoms with E-state index in [9.17, 15) is 23.1 Å². The standard InChI is InChI=1S/C23H18F3N3O4S2/c24-23(25,26)17-7-14(2-1-13(17)9-27)28-20(31)22(5-6-32-12-22)29(21(28)34)15-3-4-18-19(8-15)35-11-16(10-30)33-18/h1-4,7-8,16,30H,5-6,10-12H2/t16-,22-/m1/s1. The first-order valence-electron chi connectivity index (χ1n) is 10.6. The maximum atomic E-state index is 13.7. The van der Waals surface area contributed by atoms with Crippen molar-refractivity contribution in [3.05, 3.63) is 47.5 Å². The lowest BCUT2D eigenvalue weighted by Crippen LogP contribution is -2.50. The molecule has 182 valence electrons. The minimum Gasteiger partial charge on any atom is -0.486 e. The van der Waals surface area contributed by atoms with Gasteiger partial charge in [-0.2, -0.15) is 18.4 Å². The van der Waals surface area contributed by atoms with Crippen LogP contribution in [0.5, 0.6) is 5.75 Å².